The van der Waals surface area contributed by atoms with E-state index in [1.54, 1.807) is 0 Å². The molecule has 1 N–H and O–H groups in total. The molecule has 0 spiro atoms. The molecule has 0 saturated carbocycles. The molecule has 2 aromatic carbocycles. The van der Waals surface area contributed by atoms with E-state index in [4.69, 9.17) is 4.42 Å². The quantitative estimate of drug-likeness (QED) is 0.784. The van der Waals surface area contributed by atoms with Crippen LogP contribution in [-0.4, -0.2) is 5.91 Å². The van der Waals surface area contributed by atoms with E-state index in [1.807, 2.05) is 44.2 Å². The Morgan fingerprint density at radius 2 is 1.86 bits per heavy atom. The number of fused-ring (bicyclic) bond motifs is 1. The van der Waals surface area contributed by atoms with E-state index in [1.165, 1.54) is 5.39 Å². The molecule has 0 saturated heterocycles. The molecule has 1 unspecified atom stereocenters. The number of carbonyl (C=O) groups excluding carboxylic acids is 1. The highest BCUT2D eigenvalue weighted by atomic mass is 16.3. The third-order valence-corrected chi connectivity index (χ3v) is 3.74. The monoisotopic (exact) mass is 293 g/mol. The van der Waals surface area contributed by atoms with Crippen LogP contribution < -0.4 is 5.32 Å². The van der Waals surface area contributed by atoms with E-state index in [0.29, 0.717) is 6.42 Å². The van der Waals surface area contributed by atoms with Crippen LogP contribution in [0.3, 0.4) is 0 Å². The highest BCUT2D eigenvalue weighted by molar-refractivity contribution is 5.85. The zero-order chi connectivity index (χ0) is 15.5. The Hall–Kier alpha value is -2.55. The molecular weight excluding hydrogens is 274 g/mol. The van der Waals surface area contributed by atoms with Crippen molar-refractivity contribution in [2.45, 2.75) is 26.3 Å². The van der Waals surface area contributed by atoms with Gasteiger partial charge in [-0.05, 0) is 42.3 Å². The average Bonchev–Trinajstić information content (AvgIpc) is 2.94. The Bertz CT molecular complexity index is 804. The predicted octanol–water partition coefficient (Wildman–Crippen LogP) is 4.16. The summed E-state index contributed by atoms with van der Waals surface area (Å²) in [5.41, 5.74) is 1.01. The number of furan rings is 1. The van der Waals surface area contributed by atoms with Crippen LogP contribution in [0.15, 0.2) is 59.0 Å². The molecule has 3 aromatic rings. The minimum Gasteiger partial charge on any atom is -0.464 e. The summed E-state index contributed by atoms with van der Waals surface area (Å²) in [6, 6.07) is 18.0. The van der Waals surface area contributed by atoms with E-state index in [0.717, 1.165) is 22.5 Å². The van der Waals surface area contributed by atoms with Crippen LogP contribution >= 0.6 is 0 Å². The van der Waals surface area contributed by atoms with Gasteiger partial charge in [0, 0.05) is 0 Å². The van der Waals surface area contributed by atoms with Gasteiger partial charge in [-0.25, -0.2) is 0 Å². The summed E-state index contributed by atoms with van der Waals surface area (Å²) in [6.07, 6.45) is 0.370. The Kier molecular flexibility index (Phi) is 3.96. The second kappa shape index (κ2) is 6.06. The third kappa shape index (κ3) is 3.19. The fourth-order valence-corrected chi connectivity index (χ4v) is 2.58. The van der Waals surface area contributed by atoms with Crippen molar-refractivity contribution in [1.82, 2.24) is 5.32 Å². The average molecular weight is 293 g/mol. The Labute approximate surface area is 130 Å². The third-order valence-electron chi connectivity index (χ3n) is 3.74. The number of benzene rings is 2. The minimum absolute atomic E-state index is 0.00293. The number of hydrogen-bond donors (Lipinski definition) is 1. The number of rotatable bonds is 4. The van der Waals surface area contributed by atoms with Gasteiger partial charge < -0.3 is 9.73 Å². The topological polar surface area (TPSA) is 42.2 Å². The maximum Gasteiger partial charge on any atom is 0.224 e. The van der Waals surface area contributed by atoms with E-state index in [2.05, 4.69) is 29.6 Å². The van der Waals surface area contributed by atoms with Crippen molar-refractivity contribution in [3.8, 4) is 0 Å². The normalized spacial score (nSPS) is 12.3. The number of nitrogens with one attached hydrogen (secondary N) is 1. The van der Waals surface area contributed by atoms with Gasteiger partial charge in [0.15, 0.2) is 0 Å². The van der Waals surface area contributed by atoms with Gasteiger partial charge in [0.05, 0.1) is 12.5 Å². The van der Waals surface area contributed by atoms with Gasteiger partial charge in [-0.1, -0.05) is 42.5 Å². The molecule has 1 amide bonds. The lowest BCUT2D eigenvalue weighted by atomic mass is 10.0. The first-order valence-electron chi connectivity index (χ1n) is 7.45. The van der Waals surface area contributed by atoms with Gasteiger partial charge in [-0.15, -0.1) is 0 Å². The summed E-state index contributed by atoms with van der Waals surface area (Å²) in [4.78, 5) is 12.2. The molecule has 0 aliphatic carbocycles. The van der Waals surface area contributed by atoms with E-state index in [-0.39, 0.29) is 11.9 Å². The van der Waals surface area contributed by atoms with Crippen molar-refractivity contribution in [3.63, 3.8) is 0 Å². The number of hydrogen-bond acceptors (Lipinski definition) is 2. The largest absolute Gasteiger partial charge is 0.464 e. The highest BCUT2D eigenvalue weighted by Gasteiger charge is 2.13. The van der Waals surface area contributed by atoms with Gasteiger partial charge in [-0.3, -0.25) is 4.79 Å². The maximum atomic E-state index is 12.2. The summed E-state index contributed by atoms with van der Waals surface area (Å²) in [5.74, 6) is 1.63. The Morgan fingerprint density at radius 3 is 2.59 bits per heavy atom. The second-order valence-corrected chi connectivity index (χ2v) is 5.60. The number of aryl methyl sites for hydroxylation is 1. The van der Waals surface area contributed by atoms with E-state index < -0.39 is 0 Å². The van der Waals surface area contributed by atoms with Crippen LogP contribution in [0.4, 0.5) is 0 Å². The molecule has 1 aromatic heterocycles. The van der Waals surface area contributed by atoms with Crippen molar-refractivity contribution in [3.05, 3.63) is 71.7 Å². The summed E-state index contributed by atoms with van der Waals surface area (Å²) >= 11 is 0. The molecule has 1 heterocycles. The summed E-state index contributed by atoms with van der Waals surface area (Å²) < 4.78 is 5.54. The lowest BCUT2D eigenvalue weighted by molar-refractivity contribution is -0.121. The number of amides is 1. The molecule has 1 atom stereocenters. The zero-order valence-electron chi connectivity index (χ0n) is 12.8. The van der Waals surface area contributed by atoms with Gasteiger partial charge in [0.25, 0.3) is 0 Å². The summed E-state index contributed by atoms with van der Waals surface area (Å²) in [6.45, 7) is 3.82. The standard InChI is InChI=1S/C19H19NO2/c1-13-7-10-18(22-13)14(2)20-19(21)12-15-8-9-16-5-3-4-6-17(16)11-15/h3-11,14H,12H2,1-2H3,(H,20,21). The van der Waals surface area contributed by atoms with Crippen LogP contribution in [0.1, 0.15) is 30.0 Å². The van der Waals surface area contributed by atoms with Crippen LogP contribution in [0.2, 0.25) is 0 Å². The summed E-state index contributed by atoms with van der Waals surface area (Å²) in [5, 5.41) is 5.31. The molecule has 0 aliphatic heterocycles. The predicted molar refractivity (Wildman–Crippen MR) is 87.7 cm³/mol. The maximum absolute atomic E-state index is 12.2. The minimum atomic E-state index is -0.123. The SMILES string of the molecule is Cc1ccc(C(C)NC(=O)Cc2ccc3ccccc3c2)o1. The lowest BCUT2D eigenvalue weighted by Gasteiger charge is -2.12. The fraction of sp³-hybridized carbons (Fsp3) is 0.211. The van der Waals surface area contributed by atoms with Crippen molar-refractivity contribution < 1.29 is 9.21 Å². The van der Waals surface area contributed by atoms with Crippen molar-refractivity contribution in [2.24, 2.45) is 0 Å². The van der Waals surface area contributed by atoms with Crippen LogP contribution in [-0.2, 0) is 11.2 Å². The molecular formula is C19H19NO2. The fourth-order valence-electron chi connectivity index (χ4n) is 2.58. The molecule has 0 fully saturated rings. The van der Waals surface area contributed by atoms with Crippen molar-refractivity contribution in [2.75, 3.05) is 0 Å². The van der Waals surface area contributed by atoms with Crippen LogP contribution in [0, 0.1) is 6.92 Å². The molecule has 3 heteroatoms. The van der Waals surface area contributed by atoms with Crippen LogP contribution in [0.5, 0.6) is 0 Å². The first kappa shape index (κ1) is 14.4. The Morgan fingerprint density at radius 1 is 1.09 bits per heavy atom. The first-order valence-corrected chi connectivity index (χ1v) is 7.45. The van der Waals surface area contributed by atoms with E-state index in [9.17, 15) is 4.79 Å². The molecule has 112 valence electrons. The van der Waals surface area contributed by atoms with Crippen LogP contribution in [0.25, 0.3) is 10.8 Å². The molecule has 22 heavy (non-hydrogen) atoms. The van der Waals surface area contributed by atoms with Crippen molar-refractivity contribution >= 4 is 16.7 Å². The smallest absolute Gasteiger partial charge is 0.224 e. The van der Waals surface area contributed by atoms with Crippen molar-refractivity contribution in [1.29, 1.82) is 0 Å². The second-order valence-electron chi connectivity index (χ2n) is 5.60. The first-order chi connectivity index (χ1) is 10.6. The van der Waals surface area contributed by atoms with Gasteiger partial charge in [-0.2, -0.15) is 0 Å². The molecule has 3 nitrogen and oxygen atoms in total. The molecule has 0 radical (unpaired) electrons. The molecule has 3 rings (SSSR count). The Balaban J connectivity index is 1.67. The van der Waals surface area contributed by atoms with Gasteiger partial charge in [0.1, 0.15) is 11.5 Å². The lowest BCUT2D eigenvalue weighted by Crippen LogP contribution is -2.27. The van der Waals surface area contributed by atoms with Gasteiger partial charge >= 0.3 is 0 Å². The van der Waals surface area contributed by atoms with Gasteiger partial charge in [0.2, 0.25) is 5.91 Å². The number of carbonyl (C=O) groups is 1. The molecule has 0 aliphatic rings. The van der Waals surface area contributed by atoms with E-state index >= 15 is 0 Å². The zero-order valence-corrected chi connectivity index (χ0v) is 12.8. The summed E-state index contributed by atoms with van der Waals surface area (Å²) in [7, 11) is 0. The highest BCUT2D eigenvalue weighted by Crippen LogP contribution is 2.18. The molecule has 0 bridgehead atoms.